The Labute approximate surface area is 122 Å². The minimum Gasteiger partial charge on any atom is -0.306 e. The third kappa shape index (κ3) is 1.91. The molecule has 3 aromatic rings. The lowest BCUT2D eigenvalue weighted by Crippen LogP contribution is -2.15. The van der Waals surface area contributed by atoms with Gasteiger partial charge in [-0.3, -0.25) is 4.79 Å². The van der Waals surface area contributed by atoms with E-state index in [0.29, 0.717) is 0 Å². The van der Waals surface area contributed by atoms with E-state index < -0.39 is 21.8 Å². The van der Waals surface area contributed by atoms with E-state index in [0.717, 1.165) is 10.6 Å². The molecule has 5 nitrogen and oxygen atoms in total. The van der Waals surface area contributed by atoms with Crippen molar-refractivity contribution in [2.75, 3.05) is 0 Å². The lowest BCUT2D eigenvalue weighted by atomic mass is 10.1. The Morgan fingerprint density at radius 2 is 2.14 bits per heavy atom. The van der Waals surface area contributed by atoms with Crippen LogP contribution in [0.15, 0.2) is 27.6 Å². The summed E-state index contributed by atoms with van der Waals surface area (Å²) in [6.45, 7) is 0. The largest absolute Gasteiger partial charge is 0.417 e. The lowest BCUT2D eigenvalue weighted by molar-refractivity contribution is -0.138. The molecule has 106 valence electrons. The van der Waals surface area contributed by atoms with Crippen molar-refractivity contribution in [2.45, 2.75) is 6.18 Å². The van der Waals surface area contributed by atoms with Gasteiger partial charge < -0.3 is 4.98 Å². The van der Waals surface area contributed by atoms with Crippen LogP contribution in [0.4, 0.5) is 13.2 Å². The summed E-state index contributed by atoms with van der Waals surface area (Å²) >= 11 is 2.76. The number of hydrogen-bond donors (Lipinski definition) is 1. The molecular formula is C12H4BrF3N4O. The van der Waals surface area contributed by atoms with Crippen molar-refractivity contribution in [3.05, 3.63) is 44.3 Å². The Morgan fingerprint density at radius 3 is 2.76 bits per heavy atom. The summed E-state index contributed by atoms with van der Waals surface area (Å²) in [5.41, 5.74) is -1.89. The summed E-state index contributed by atoms with van der Waals surface area (Å²) in [6, 6.07) is 3.89. The summed E-state index contributed by atoms with van der Waals surface area (Å²) in [5.74, 6) is 0. The molecule has 0 saturated heterocycles. The fourth-order valence-corrected chi connectivity index (χ4v) is 2.75. The fraction of sp³-hybridized carbons (Fsp3) is 0.0833. The van der Waals surface area contributed by atoms with E-state index in [9.17, 15) is 18.0 Å². The second-order valence-electron chi connectivity index (χ2n) is 4.20. The molecule has 1 aromatic carbocycles. The number of hydrogen-bond acceptors (Lipinski definition) is 3. The zero-order chi connectivity index (χ0) is 15.4. The first-order valence-corrected chi connectivity index (χ1v) is 6.33. The van der Waals surface area contributed by atoms with Gasteiger partial charge in [-0.2, -0.15) is 23.5 Å². The molecule has 2 aromatic heterocycles. The average Bonchev–Trinajstić information content (AvgIpc) is 2.85. The van der Waals surface area contributed by atoms with Crippen LogP contribution in [0.3, 0.4) is 0 Å². The highest BCUT2D eigenvalue weighted by Gasteiger charge is 2.35. The van der Waals surface area contributed by atoms with E-state index in [1.165, 1.54) is 12.3 Å². The Hall–Kier alpha value is -2.34. The Kier molecular flexibility index (Phi) is 2.81. The van der Waals surface area contributed by atoms with Crippen molar-refractivity contribution in [3.63, 3.8) is 0 Å². The highest BCUT2D eigenvalue weighted by molar-refractivity contribution is 9.10. The molecule has 0 fully saturated rings. The fourth-order valence-electron chi connectivity index (χ4n) is 2.12. The number of nitrogens with one attached hydrogen (secondary N) is 1. The van der Waals surface area contributed by atoms with Crippen molar-refractivity contribution in [3.8, 4) is 6.07 Å². The molecule has 0 aliphatic carbocycles. The molecule has 0 spiro atoms. The Morgan fingerprint density at radius 1 is 1.43 bits per heavy atom. The van der Waals surface area contributed by atoms with Crippen LogP contribution < -0.4 is 5.56 Å². The van der Waals surface area contributed by atoms with Crippen LogP contribution in [0.25, 0.3) is 16.6 Å². The van der Waals surface area contributed by atoms with E-state index in [4.69, 9.17) is 5.26 Å². The van der Waals surface area contributed by atoms with E-state index in [1.807, 2.05) is 0 Å². The number of nitrogens with zero attached hydrogens (tertiary/aromatic N) is 3. The van der Waals surface area contributed by atoms with Crippen molar-refractivity contribution in [1.82, 2.24) is 14.6 Å². The van der Waals surface area contributed by atoms with Crippen LogP contribution in [0.2, 0.25) is 0 Å². The van der Waals surface area contributed by atoms with Gasteiger partial charge in [-0.25, -0.2) is 4.52 Å². The van der Waals surface area contributed by atoms with Gasteiger partial charge in [0.15, 0.2) is 0 Å². The maximum atomic E-state index is 13.1. The quantitative estimate of drug-likeness (QED) is 0.673. The number of aromatic amines is 1. The average molecular weight is 357 g/mol. The zero-order valence-corrected chi connectivity index (χ0v) is 11.6. The molecule has 0 saturated carbocycles. The van der Waals surface area contributed by atoms with Gasteiger partial charge in [0.05, 0.1) is 28.2 Å². The second kappa shape index (κ2) is 4.33. The van der Waals surface area contributed by atoms with Gasteiger partial charge in [0.25, 0.3) is 5.56 Å². The van der Waals surface area contributed by atoms with Crippen LogP contribution in [0, 0.1) is 11.3 Å². The molecule has 0 aliphatic heterocycles. The standard InChI is InChI=1S/C12H4BrF3N4O/c13-10-5(4-17)9-7(3-6(10)12(14,15)16)20-8(1-2-18-20)19-11(9)21/h1-3H,(H,19,21). The first-order chi connectivity index (χ1) is 9.84. The van der Waals surface area contributed by atoms with Gasteiger partial charge in [0, 0.05) is 10.5 Å². The third-order valence-corrected chi connectivity index (χ3v) is 3.82. The van der Waals surface area contributed by atoms with Gasteiger partial charge >= 0.3 is 6.18 Å². The summed E-state index contributed by atoms with van der Waals surface area (Å²) in [5, 5.41) is 12.8. The first kappa shape index (κ1) is 13.6. The maximum absolute atomic E-state index is 13.1. The molecule has 1 N–H and O–H groups in total. The number of halogens is 4. The van der Waals surface area contributed by atoms with E-state index in [-0.39, 0.29) is 22.1 Å². The summed E-state index contributed by atoms with van der Waals surface area (Å²) < 4.78 is 39.9. The predicted octanol–water partition coefficient (Wildman–Crippen LogP) is 2.83. The maximum Gasteiger partial charge on any atom is 0.417 e. The van der Waals surface area contributed by atoms with Crippen molar-refractivity contribution in [2.24, 2.45) is 0 Å². The van der Waals surface area contributed by atoms with Gasteiger partial charge in [-0.1, -0.05) is 0 Å². The molecule has 0 atom stereocenters. The predicted molar refractivity (Wildman–Crippen MR) is 70.7 cm³/mol. The zero-order valence-electron chi connectivity index (χ0n) is 9.99. The number of nitriles is 1. The molecule has 0 amide bonds. The monoisotopic (exact) mass is 356 g/mol. The van der Waals surface area contributed by atoms with Crippen LogP contribution in [-0.2, 0) is 6.18 Å². The van der Waals surface area contributed by atoms with Crippen LogP contribution in [0.1, 0.15) is 11.1 Å². The number of H-pyrrole nitrogens is 1. The van der Waals surface area contributed by atoms with Gasteiger partial charge in [0.2, 0.25) is 0 Å². The van der Waals surface area contributed by atoms with Gasteiger partial charge in [0.1, 0.15) is 11.7 Å². The third-order valence-electron chi connectivity index (χ3n) is 3.00. The molecule has 0 bridgehead atoms. The number of benzene rings is 1. The Balaban J connectivity index is 2.65. The van der Waals surface area contributed by atoms with Gasteiger partial charge in [-0.15, -0.1) is 0 Å². The van der Waals surface area contributed by atoms with Crippen molar-refractivity contribution < 1.29 is 13.2 Å². The van der Waals surface area contributed by atoms with E-state index >= 15 is 0 Å². The molecule has 9 heteroatoms. The molecule has 0 aliphatic rings. The van der Waals surface area contributed by atoms with E-state index in [1.54, 1.807) is 6.07 Å². The number of rotatable bonds is 0. The van der Waals surface area contributed by atoms with Crippen LogP contribution in [0.5, 0.6) is 0 Å². The smallest absolute Gasteiger partial charge is 0.306 e. The van der Waals surface area contributed by atoms with Crippen LogP contribution in [-0.4, -0.2) is 14.6 Å². The SMILES string of the molecule is N#Cc1c(Br)c(C(F)(F)F)cc2c1c(=O)[nH]c1ccnn12. The van der Waals surface area contributed by atoms with Crippen molar-refractivity contribution in [1.29, 1.82) is 5.26 Å². The minimum atomic E-state index is -4.67. The highest BCUT2D eigenvalue weighted by Crippen LogP contribution is 2.39. The number of fused-ring (bicyclic) bond motifs is 3. The lowest BCUT2D eigenvalue weighted by Gasteiger charge is -2.12. The summed E-state index contributed by atoms with van der Waals surface area (Å²) in [6.07, 6.45) is -3.33. The number of alkyl halides is 3. The van der Waals surface area contributed by atoms with Crippen molar-refractivity contribution >= 4 is 32.5 Å². The van der Waals surface area contributed by atoms with Gasteiger partial charge in [-0.05, 0) is 22.0 Å². The molecule has 2 heterocycles. The molecule has 21 heavy (non-hydrogen) atoms. The molecule has 3 rings (SSSR count). The second-order valence-corrected chi connectivity index (χ2v) is 4.99. The Bertz CT molecular complexity index is 980. The van der Waals surface area contributed by atoms with Crippen LogP contribution >= 0.6 is 15.9 Å². The summed E-state index contributed by atoms with van der Waals surface area (Å²) in [7, 11) is 0. The van der Waals surface area contributed by atoms with E-state index in [2.05, 4.69) is 26.0 Å². The molecular weight excluding hydrogens is 353 g/mol. The highest BCUT2D eigenvalue weighted by atomic mass is 79.9. The minimum absolute atomic E-state index is 0.0779. The number of aromatic nitrogens is 3. The molecule has 0 radical (unpaired) electrons. The normalized spacial score (nSPS) is 12.0. The molecule has 0 unspecified atom stereocenters. The summed E-state index contributed by atoms with van der Waals surface area (Å²) in [4.78, 5) is 14.5. The topological polar surface area (TPSA) is 73.9 Å². The first-order valence-electron chi connectivity index (χ1n) is 5.54.